The van der Waals surface area contributed by atoms with Crippen molar-refractivity contribution < 1.29 is 33.6 Å². The Morgan fingerprint density at radius 3 is 2.32 bits per heavy atom. The molecular formula is C46H43Cl2N7O10. The SMILES string of the molecule is CCOc1cccc([C@H]2C3=CCn4c(=O)n(CCc5nc6cc(OC)c(OC)cc6n(C)c5=O)c(=O)n4[C@@H]3C[C@H]3C(=O)N(Nc4ccc(Cl)cc4Cl)C(=O)[C@@]23c2ccc(OC)cc2)c1O. The molecule has 1 aliphatic carbocycles. The number of ether oxygens (including phenoxy) is 4. The number of fused-ring (bicyclic) bond motifs is 5. The summed E-state index contributed by atoms with van der Waals surface area (Å²) in [6.45, 7) is 1.69. The van der Waals surface area contributed by atoms with Gasteiger partial charge < -0.3 is 28.6 Å². The van der Waals surface area contributed by atoms with Crippen LogP contribution in [0.1, 0.15) is 42.1 Å². The highest BCUT2D eigenvalue weighted by Gasteiger charge is 2.69. The van der Waals surface area contributed by atoms with E-state index in [-0.39, 0.29) is 66.0 Å². The number of phenolic OH excluding ortho intramolecular Hbond substituents is 1. The topological polar surface area (TPSA) is 190 Å². The fourth-order valence-electron chi connectivity index (χ4n) is 9.82. The summed E-state index contributed by atoms with van der Waals surface area (Å²) in [5.41, 5.74) is 1.93. The normalized spacial score (nSPS) is 20.0. The number of hydrogen-bond donors (Lipinski definition) is 2. The average molecular weight is 925 g/mol. The van der Waals surface area contributed by atoms with Crippen LogP contribution in [-0.4, -0.2) is 73.3 Å². The molecule has 2 N–H and O–H groups in total. The summed E-state index contributed by atoms with van der Waals surface area (Å²) in [5.74, 6) is -2.38. The fourth-order valence-corrected chi connectivity index (χ4v) is 10.3. The van der Waals surface area contributed by atoms with E-state index in [4.69, 9.17) is 42.1 Å². The summed E-state index contributed by atoms with van der Waals surface area (Å²) in [4.78, 5) is 78.0. The third-order valence-electron chi connectivity index (χ3n) is 12.8. The van der Waals surface area contributed by atoms with Crippen LogP contribution in [0.5, 0.6) is 28.7 Å². The van der Waals surface area contributed by atoms with Crippen LogP contribution >= 0.6 is 23.2 Å². The van der Waals surface area contributed by atoms with Crippen LogP contribution < -0.4 is 41.3 Å². The molecule has 19 heteroatoms. The zero-order valence-electron chi connectivity index (χ0n) is 35.8. The predicted octanol–water partition coefficient (Wildman–Crippen LogP) is 5.36. The molecule has 3 aliphatic rings. The number of methoxy groups -OCH3 is 3. The molecule has 1 saturated carbocycles. The fraction of sp³-hybridized carbons (Fsp3) is 0.304. The molecular weight excluding hydrogens is 881 g/mol. The largest absolute Gasteiger partial charge is 0.504 e. The number of nitrogens with zero attached hydrogens (tertiary/aromatic N) is 6. The lowest BCUT2D eigenvalue weighted by Crippen LogP contribution is -2.53. The second kappa shape index (κ2) is 16.5. The van der Waals surface area contributed by atoms with Gasteiger partial charge in [0.1, 0.15) is 11.4 Å². The minimum atomic E-state index is -1.75. The predicted molar refractivity (Wildman–Crippen MR) is 241 cm³/mol. The van der Waals surface area contributed by atoms with Crippen molar-refractivity contribution in [3.63, 3.8) is 0 Å². The van der Waals surface area contributed by atoms with E-state index in [1.807, 2.05) is 0 Å². The Morgan fingerprint density at radius 1 is 0.892 bits per heavy atom. The van der Waals surface area contributed by atoms with Crippen molar-refractivity contribution in [3.05, 3.63) is 143 Å². The molecule has 65 heavy (non-hydrogen) atoms. The maximum atomic E-state index is 15.6. The Labute approximate surface area is 380 Å². The number of hydrogen-bond acceptors (Lipinski definition) is 12. The summed E-state index contributed by atoms with van der Waals surface area (Å²) in [6, 6.07) is 18.7. The van der Waals surface area contributed by atoms with Gasteiger partial charge in [-0.1, -0.05) is 53.5 Å². The molecule has 336 valence electrons. The summed E-state index contributed by atoms with van der Waals surface area (Å²) < 4.78 is 27.3. The number of para-hydroxylation sites is 1. The van der Waals surface area contributed by atoms with Crippen molar-refractivity contribution in [2.45, 2.75) is 50.2 Å². The summed E-state index contributed by atoms with van der Waals surface area (Å²) in [5, 5.41) is 13.5. The molecule has 4 atom stereocenters. The molecule has 6 aromatic rings. The van der Waals surface area contributed by atoms with Crippen molar-refractivity contribution >= 4 is 51.7 Å². The third-order valence-corrected chi connectivity index (χ3v) is 13.3. The number of imide groups is 1. The van der Waals surface area contributed by atoms with Crippen LogP contribution in [0.25, 0.3) is 11.0 Å². The molecule has 0 radical (unpaired) electrons. The smallest absolute Gasteiger partial charge is 0.347 e. The monoisotopic (exact) mass is 923 g/mol. The van der Waals surface area contributed by atoms with Crippen LogP contribution in [0, 0.1) is 5.92 Å². The summed E-state index contributed by atoms with van der Waals surface area (Å²) in [7, 11) is 6.08. The number of aryl methyl sites for hydroxylation is 2. The minimum Gasteiger partial charge on any atom is -0.504 e. The highest BCUT2D eigenvalue weighted by molar-refractivity contribution is 6.36. The van der Waals surface area contributed by atoms with E-state index >= 15 is 9.59 Å². The van der Waals surface area contributed by atoms with Crippen LogP contribution in [0.4, 0.5) is 5.69 Å². The first-order valence-electron chi connectivity index (χ1n) is 20.7. The van der Waals surface area contributed by atoms with Crippen molar-refractivity contribution in [3.8, 4) is 28.7 Å². The second-order valence-corrected chi connectivity index (χ2v) is 16.7. The van der Waals surface area contributed by atoms with E-state index in [1.165, 1.54) is 41.3 Å². The summed E-state index contributed by atoms with van der Waals surface area (Å²) in [6.07, 6.45) is 1.59. The number of benzene rings is 4. The first-order chi connectivity index (χ1) is 31.3. The Morgan fingerprint density at radius 2 is 1.63 bits per heavy atom. The number of phenols is 1. The number of aromatic nitrogens is 5. The van der Waals surface area contributed by atoms with Gasteiger partial charge in [-0.25, -0.2) is 28.5 Å². The van der Waals surface area contributed by atoms with Gasteiger partial charge in [-0.05, 0) is 60.9 Å². The van der Waals surface area contributed by atoms with E-state index in [0.29, 0.717) is 44.4 Å². The van der Waals surface area contributed by atoms with Crippen molar-refractivity contribution in [2.75, 3.05) is 33.4 Å². The first-order valence-corrected chi connectivity index (χ1v) is 21.5. The average Bonchev–Trinajstić information content (AvgIpc) is 3.68. The molecule has 17 nitrogen and oxygen atoms in total. The molecule has 0 bridgehead atoms. The van der Waals surface area contributed by atoms with E-state index in [1.54, 1.807) is 86.8 Å². The number of rotatable bonds is 12. The van der Waals surface area contributed by atoms with Crippen LogP contribution in [0.2, 0.25) is 10.0 Å². The van der Waals surface area contributed by atoms with Gasteiger partial charge in [0.05, 0.1) is 73.6 Å². The molecule has 9 rings (SSSR count). The molecule has 4 aromatic carbocycles. The van der Waals surface area contributed by atoms with Gasteiger partial charge in [-0.3, -0.25) is 19.8 Å². The standard InChI is InChI=1S/C46H43Cl2N7O10/c1-6-65-36-9-7-8-28(40(36)56)39-27-16-19-53-44(60)52(18-17-32-42(58)51(2)35-23-38(64-5)37(63-4)22-33(35)49-32)45(61)55(53)34(27)21-29-41(57)54(50-31-15-12-25(47)20-30(31)48)43(59)46(29,39)24-10-13-26(62-3)14-11-24/h7-16,20,22-23,29,34,39,50,56H,6,17-19,21H2,1-5H3/t29-,34+,39+,46+/m0/s1. The van der Waals surface area contributed by atoms with E-state index in [2.05, 4.69) is 10.4 Å². The number of halogens is 2. The second-order valence-electron chi connectivity index (χ2n) is 15.9. The van der Waals surface area contributed by atoms with Crippen LogP contribution in [-0.2, 0) is 41.6 Å². The van der Waals surface area contributed by atoms with Gasteiger partial charge in [0.15, 0.2) is 23.0 Å². The van der Waals surface area contributed by atoms with Gasteiger partial charge in [-0.2, -0.15) is 5.01 Å². The van der Waals surface area contributed by atoms with Gasteiger partial charge in [0.2, 0.25) is 0 Å². The quantitative estimate of drug-likeness (QED) is 0.118. The number of anilines is 1. The minimum absolute atomic E-state index is 0.0775. The lowest BCUT2D eigenvalue weighted by atomic mass is 9.53. The molecule has 4 heterocycles. The highest BCUT2D eigenvalue weighted by Crippen LogP contribution is 2.63. The Bertz CT molecular complexity index is 3160. The van der Waals surface area contributed by atoms with Crippen molar-refractivity contribution in [2.24, 2.45) is 13.0 Å². The lowest BCUT2D eigenvalue weighted by molar-refractivity contribution is -0.138. The molecule has 2 amide bonds. The maximum absolute atomic E-state index is 15.6. The molecule has 0 unspecified atom stereocenters. The maximum Gasteiger partial charge on any atom is 0.347 e. The summed E-state index contributed by atoms with van der Waals surface area (Å²) >= 11 is 12.8. The van der Waals surface area contributed by atoms with E-state index in [9.17, 15) is 19.5 Å². The zero-order chi connectivity index (χ0) is 46.1. The molecule has 2 fully saturated rings. The van der Waals surface area contributed by atoms with E-state index < -0.39 is 52.0 Å². The first kappa shape index (κ1) is 43.3. The van der Waals surface area contributed by atoms with Crippen LogP contribution in [0.15, 0.2) is 98.8 Å². The molecule has 2 aliphatic heterocycles. The number of carbonyl (C=O) groups is 2. The van der Waals surface area contributed by atoms with Crippen molar-refractivity contribution in [1.29, 1.82) is 0 Å². The van der Waals surface area contributed by atoms with Gasteiger partial charge in [0.25, 0.3) is 17.4 Å². The number of aromatic hydroxyl groups is 1. The Hall–Kier alpha value is -6.98. The van der Waals surface area contributed by atoms with Gasteiger partial charge >= 0.3 is 11.4 Å². The van der Waals surface area contributed by atoms with E-state index in [0.717, 1.165) is 9.58 Å². The Balaban J connectivity index is 1.19. The number of nitrogens with one attached hydrogen (secondary N) is 1. The molecule has 0 spiro atoms. The Kier molecular flexibility index (Phi) is 11.0. The van der Waals surface area contributed by atoms with Crippen LogP contribution in [0.3, 0.4) is 0 Å². The van der Waals surface area contributed by atoms with Gasteiger partial charge in [0, 0.05) is 48.6 Å². The highest BCUT2D eigenvalue weighted by atomic mass is 35.5. The van der Waals surface area contributed by atoms with Gasteiger partial charge in [-0.15, -0.1) is 0 Å². The zero-order valence-corrected chi connectivity index (χ0v) is 37.3. The molecule has 1 saturated heterocycles. The lowest BCUT2D eigenvalue weighted by Gasteiger charge is -2.49. The number of amides is 2. The number of allylic oxidation sites excluding steroid dienone is 2. The van der Waals surface area contributed by atoms with Crippen molar-refractivity contribution in [1.82, 2.24) is 28.5 Å². The third kappa shape index (κ3) is 6.66. The molecule has 2 aromatic heterocycles. The number of hydrazine groups is 1. The number of carbonyl (C=O) groups excluding carboxylic acids is 2.